The Labute approximate surface area is 146 Å². The first kappa shape index (κ1) is 15.7. The van der Waals surface area contributed by atoms with E-state index in [0.717, 1.165) is 35.6 Å². The first-order valence-electron chi connectivity index (χ1n) is 8.79. The molecule has 0 bridgehead atoms. The van der Waals surface area contributed by atoms with E-state index in [1.807, 2.05) is 5.38 Å². The van der Waals surface area contributed by atoms with Crippen molar-refractivity contribution in [2.75, 3.05) is 13.1 Å². The Balaban J connectivity index is 1.39. The van der Waals surface area contributed by atoms with Gasteiger partial charge in [0, 0.05) is 30.9 Å². The maximum Gasteiger partial charge on any atom is 0.228 e. The second-order valence-electron chi connectivity index (χ2n) is 6.83. The van der Waals surface area contributed by atoms with E-state index in [0.29, 0.717) is 12.2 Å². The van der Waals surface area contributed by atoms with E-state index in [1.165, 1.54) is 43.4 Å². The molecule has 1 amide bonds. The smallest absolute Gasteiger partial charge is 0.228 e. The Morgan fingerprint density at radius 3 is 2.79 bits per heavy atom. The monoisotopic (exact) mass is 342 g/mol. The topological polar surface area (TPSA) is 59.0 Å². The van der Waals surface area contributed by atoms with Crippen LogP contribution in [0.15, 0.2) is 23.8 Å². The molecule has 2 atom stereocenters. The van der Waals surface area contributed by atoms with Crippen molar-refractivity contribution in [1.29, 1.82) is 0 Å². The Morgan fingerprint density at radius 2 is 1.96 bits per heavy atom. The lowest BCUT2D eigenvalue weighted by Crippen LogP contribution is -2.45. The molecule has 3 heterocycles. The second kappa shape index (κ2) is 6.97. The predicted molar refractivity (Wildman–Crippen MR) is 93.5 cm³/mol. The highest BCUT2D eigenvalue weighted by molar-refractivity contribution is 7.13. The molecule has 0 aromatic carbocycles. The molecular formula is C18H22N4OS. The minimum atomic E-state index is 0.213. The van der Waals surface area contributed by atoms with Gasteiger partial charge in [0.1, 0.15) is 0 Å². The molecule has 4 rings (SSSR count). The van der Waals surface area contributed by atoms with Gasteiger partial charge in [-0.2, -0.15) is 0 Å². The Kier molecular flexibility index (Phi) is 4.56. The zero-order valence-electron chi connectivity index (χ0n) is 13.7. The molecular weight excluding hydrogens is 320 g/mol. The van der Waals surface area contributed by atoms with Crippen LogP contribution in [0.5, 0.6) is 0 Å². The number of hydrogen-bond acceptors (Lipinski definition) is 5. The van der Waals surface area contributed by atoms with Crippen molar-refractivity contribution in [3.8, 4) is 10.8 Å². The Bertz CT molecular complexity index is 702. The fourth-order valence-corrected chi connectivity index (χ4v) is 4.76. The van der Waals surface area contributed by atoms with Crippen LogP contribution in [0.25, 0.3) is 10.8 Å². The zero-order chi connectivity index (χ0) is 16.4. The first-order chi connectivity index (χ1) is 11.8. The first-order valence-corrected chi connectivity index (χ1v) is 9.67. The Hall–Kier alpha value is -1.82. The van der Waals surface area contributed by atoms with Gasteiger partial charge in [-0.3, -0.25) is 4.79 Å². The van der Waals surface area contributed by atoms with E-state index in [1.54, 1.807) is 18.5 Å². The van der Waals surface area contributed by atoms with Gasteiger partial charge in [-0.05, 0) is 30.7 Å². The summed E-state index contributed by atoms with van der Waals surface area (Å²) in [5.74, 6) is 2.41. The highest BCUT2D eigenvalue weighted by Crippen LogP contribution is 2.36. The lowest BCUT2D eigenvalue weighted by atomic mass is 9.75. The van der Waals surface area contributed by atoms with E-state index in [-0.39, 0.29) is 5.91 Å². The van der Waals surface area contributed by atoms with Crippen LogP contribution in [0, 0.1) is 11.8 Å². The van der Waals surface area contributed by atoms with Gasteiger partial charge in [0.2, 0.25) is 5.91 Å². The van der Waals surface area contributed by atoms with Crippen LogP contribution in [-0.4, -0.2) is 38.8 Å². The van der Waals surface area contributed by atoms with Crippen molar-refractivity contribution in [2.24, 2.45) is 11.8 Å². The fourth-order valence-electron chi connectivity index (χ4n) is 3.99. The van der Waals surface area contributed by atoms with Crippen molar-refractivity contribution >= 4 is 17.2 Å². The third-order valence-electron chi connectivity index (χ3n) is 5.29. The van der Waals surface area contributed by atoms with Gasteiger partial charge in [-0.1, -0.05) is 19.3 Å². The van der Waals surface area contributed by atoms with Gasteiger partial charge in [0.25, 0.3) is 0 Å². The molecule has 1 saturated heterocycles. The lowest BCUT2D eigenvalue weighted by Gasteiger charge is -2.41. The molecule has 2 aromatic heterocycles. The number of likely N-dealkylation sites (tertiary alicyclic amines) is 1. The molecule has 5 nitrogen and oxygen atoms in total. The molecule has 1 aliphatic carbocycles. The van der Waals surface area contributed by atoms with E-state index in [9.17, 15) is 4.79 Å². The summed E-state index contributed by atoms with van der Waals surface area (Å²) in [5.41, 5.74) is 0.832. The summed E-state index contributed by atoms with van der Waals surface area (Å²) in [5, 5.41) is 2.74. The molecule has 0 unspecified atom stereocenters. The molecule has 1 aliphatic heterocycles. The summed E-state index contributed by atoms with van der Waals surface area (Å²) in [7, 11) is 0. The summed E-state index contributed by atoms with van der Waals surface area (Å²) in [6.07, 6.45) is 10.3. The van der Waals surface area contributed by atoms with Gasteiger partial charge in [0.05, 0.1) is 12.1 Å². The summed E-state index contributed by atoms with van der Waals surface area (Å²) < 4.78 is 0. The third-order valence-corrected chi connectivity index (χ3v) is 6.17. The Morgan fingerprint density at radius 1 is 1.17 bits per heavy atom. The number of rotatable bonds is 3. The number of aromatic nitrogens is 3. The molecule has 2 aliphatic rings. The van der Waals surface area contributed by atoms with Crippen LogP contribution >= 0.6 is 11.3 Å². The van der Waals surface area contributed by atoms with Crippen LogP contribution in [-0.2, 0) is 11.2 Å². The van der Waals surface area contributed by atoms with Gasteiger partial charge in [0.15, 0.2) is 10.8 Å². The minimum absolute atomic E-state index is 0.213. The number of amides is 1. The molecule has 0 radical (unpaired) electrons. The zero-order valence-corrected chi connectivity index (χ0v) is 14.5. The van der Waals surface area contributed by atoms with Gasteiger partial charge in [-0.25, -0.2) is 15.0 Å². The predicted octanol–water partition coefficient (Wildman–Crippen LogP) is 3.18. The normalized spacial score (nSPS) is 23.8. The average molecular weight is 342 g/mol. The van der Waals surface area contributed by atoms with Crippen molar-refractivity contribution < 1.29 is 4.79 Å². The maximum atomic E-state index is 12.6. The standard InChI is InChI=1S/C18H22N4OS/c23-16(22-9-6-13-4-1-2-5-14(13)11-22)10-15-12-24-18(21-15)17-19-7-3-8-20-17/h3,7-8,12-14H,1-2,4-6,9-11H2/t13-,14-/m0/s1. The number of nitrogens with zero attached hydrogens (tertiary/aromatic N) is 4. The third kappa shape index (κ3) is 3.34. The highest BCUT2D eigenvalue weighted by atomic mass is 32.1. The summed E-state index contributed by atoms with van der Waals surface area (Å²) in [4.78, 5) is 27.7. The largest absolute Gasteiger partial charge is 0.342 e. The van der Waals surface area contributed by atoms with Crippen molar-refractivity contribution in [3.05, 3.63) is 29.5 Å². The van der Waals surface area contributed by atoms with Gasteiger partial charge < -0.3 is 4.90 Å². The summed E-state index contributed by atoms with van der Waals surface area (Å²) in [6.45, 7) is 1.86. The molecule has 2 aromatic rings. The molecule has 126 valence electrons. The van der Waals surface area contributed by atoms with Crippen LogP contribution in [0.4, 0.5) is 0 Å². The number of fused-ring (bicyclic) bond motifs is 1. The molecule has 6 heteroatoms. The second-order valence-corrected chi connectivity index (χ2v) is 7.68. The van der Waals surface area contributed by atoms with Crippen molar-refractivity contribution in [2.45, 2.75) is 38.5 Å². The van der Waals surface area contributed by atoms with Gasteiger partial charge >= 0.3 is 0 Å². The maximum absolute atomic E-state index is 12.6. The van der Waals surface area contributed by atoms with Crippen molar-refractivity contribution in [1.82, 2.24) is 19.9 Å². The fraction of sp³-hybridized carbons (Fsp3) is 0.556. The van der Waals surface area contributed by atoms with Crippen LogP contribution < -0.4 is 0 Å². The number of hydrogen-bond donors (Lipinski definition) is 0. The van der Waals surface area contributed by atoms with Crippen LogP contribution in [0.2, 0.25) is 0 Å². The molecule has 0 spiro atoms. The number of piperidine rings is 1. The number of carbonyl (C=O) groups excluding carboxylic acids is 1. The molecule has 24 heavy (non-hydrogen) atoms. The summed E-state index contributed by atoms with van der Waals surface area (Å²) >= 11 is 1.50. The van der Waals surface area contributed by atoms with Gasteiger partial charge in [-0.15, -0.1) is 11.3 Å². The van der Waals surface area contributed by atoms with Crippen LogP contribution in [0.1, 0.15) is 37.8 Å². The van der Waals surface area contributed by atoms with Crippen molar-refractivity contribution in [3.63, 3.8) is 0 Å². The summed E-state index contributed by atoms with van der Waals surface area (Å²) in [6, 6.07) is 1.79. The molecule has 0 N–H and O–H groups in total. The lowest BCUT2D eigenvalue weighted by molar-refractivity contribution is -0.133. The quantitative estimate of drug-likeness (QED) is 0.859. The number of thiazole rings is 1. The molecule has 2 fully saturated rings. The number of carbonyl (C=O) groups is 1. The highest BCUT2D eigenvalue weighted by Gasteiger charge is 2.32. The minimum Gasteiger partial charge on any atom is -0.342 e. The SMILES string of the molecule is O=C(Cc1csc(-c2ncccn2)n1)N1CC[C@@H]2CCCC[C@H]2C1. The molecule has 1 saturated carbocycles. The van der Waals surface area contributed by atoms with E-state index in [4.69, 9.17) is 0 Å². The van der Waals surface area contributed by atoms with E-state index in [2.05, 4.69) is 19.9 Å². The van der Waals surface area contributed by atoms with Crippen LogP contribution in [0.3, 0.4) is 0 Å². The van der Waals surface area contributed by atoms with E-state index < -0.39 is 0 Å². The average Bonchev–Trinajstić information content (AvgIpc) is 3.10. The van der Waals surface area contributed by atoms with E-state index >= 15 is 0 Å².